The van der Waals surface area contributed by atoms with Crippen LogP contribution in [0.25, 0.3) is 0 Å². The minimum atomic E-state index is 0.211. The lowest BCUT2D eigenvalue weighted by Gasteiger charge is -2.15. The summed E-state index contributed by atoms with van der Waals surface area (Å²) in [4.78, 5) is 0. The van der Waals surface area contributed by atoms with Crippen molar-refractivity contribution < 1.29 is 9.47 Å². The molecule has 0 saturated heterocycles. The minimum absolute atomic E-state index is 0.211. The van der Waals surface area contributed by atoms with E-state index in [4.69, 9.17) is 44.3 Å². The van der Waals surface area contributed by atoms with Crippen LogP contribution in [0.2, 0.25) is 15.1 Å². The number of hydrogen-bond donors (Lipinski definition) is 0. The van der Waals surface area contributed by atoms with Gasteiger partial charge in [0.05, 0.1) is 12.1 Å². The van der Waals surface area contributed by atoms with Crippen LogP contribution < -0.4 is 9.47 Å². The Hall–Kier alpha value is -0.610. The molecule has 2 aromatic carbocycles. The predicted octanol–water partition coefficient (Wildman–Crippen LogP) is 6.13. The van der Waals surface area contributed by atoms with Crippen molar-refractivity contribution in [2.24, 2.45) is 0 Å². The SMILES string of the molecule is COc1cc(CBr)cc(Cl)c1OCc1c(Cl)cccc1Cl. The normalized spacial score (nSPS) is 10.5. The van der Waals surface area contributed by atoms with Gasteiger partial charge in [0.2, 0.25) is 0 Å². The van der Waals surface area contributed by atoms with Crippen molar-refractivity contribution in [3.63, 3.8) is 0 Å². The van der Waals surface area contributed by atoms with E-state index in [1.807, 2.05) is 12.1 Å². The molecule has 0 bridgehead atoms. The highest BCUT2D eigenvalue weighted by Gasteiger charge is 2.14. The molecule has 0 fully saturated rings. The molecule has 0 spiro atoms. The third-order valence-corrected chi connectivity index (χ3v) is 4.50. The lowest BCUT2D eigenvalue weighted by atomic mass is 10.2. The fraction of sp³-hybridized carbons (Fsp3) is 0.200. The van der Waals surface area contributed by atoms with Gasteiger partial charge in [0.15, 0.2) is 11.5 Å². The zero-order valence-corrected chi connectivity index (χ0v) is 15.0. The Labute approximate surface area is 147 Å². The highest BCUT2D eigenvalue weighted by Crippen LogP contribution is 2.38. The molecule has 21 heavy (non-hydrogen) atoms. The summed E-state index contributed by atoms with van der Waals surface area (Å²) < 4.78 is 11.1. The summed E-state index contributed by atoms with van der Waals surface area (Å²) in [5.74, 6) is 1.04. The van der Waals surface area contributed by atoms with E-state index in [1.54, 1.807) is 25.3 Å². The molecular weight excluding hydrogens is 398 g/mol. The maximum atomic E-state index is 6.25. The van der Waals surface area contributed by atoms with Crippen molar-refractivity contribution in [1.29, 1.82) is 0 Å². The average molecular weight is 411 g/mol. The van der Waals surface area contributed by atoms with Gasteiger partial charge in [-0.2, -0.15) is 0 Å². The first-order valence-electron chi connectivity index (χ1n) is 6.05. The van der Waals surface area contributed by atoms with E-state index in [2.05, 4.69) is 15.9 Å². The smallest absolute Gasteiger partial charge is 0.180 e. The summed E-state index contributed by atoms with van der Waals surface area (Å²) in [5.41, 5.74) is 1.71. The Balaban J connectivity index is 2.28. The lowest BCUT2D eigenvalue weighted by Crippen LogP contribution is -2.00. The molecule has 112 valence electrons. The second-order valence-electron chi connectivity index (χ2n) is 4.23. The van der Waals surface area contributed by atoms with Crippen LogP contribution in [0.3, 0.4) is 0 Å². The molecule has 0 aromatic heterocycles. The molecular formula is C15H12BrCl3O2. The van der Waals surface area contributed by atoms with Gasteiger partial charge in [-0.05, 0) is 29.8 Å². The van der Waals surface area contributed by atoms with Crippen molar-refractivity contribution >= 4 is 50.7 Å². The number of alkyl halides is 1. The Morgan fingerprint density at radius 2 is 1.71 bits per heavy atom. The molecule has 0 saturated carbocycles. The van der Waals surface area contributed by atoms with Crippen molar-refractivity contribution in [2.75, 3.05) is 7.11 Å². The molecule has 0 aliphatic carbocycles. The molecule has 0 aliphatic rings. The zero-order chi connectivity index (χ0) is 15.4. The van der Waals surface area contributed by atoms with Crippen LogP contribution >= 0.6 is 50.7 Å². The summed E-state index contributed by atoms with van der Waals surface area (Å²) in [6.07, 6.45) is 0. The quantitative estimate of drug-likeness (QED) is 0.552. The van der Waals surface area contributed by atoms with Gasteiger partial charge in [0.1, 0.15) is 6.61 Å². The summed E-state index contributed by atoms with van der Waals surface area (Å²) in [6, 6.07) is 9.00. The van der Waals surface area contributed by atoms with E-state index in [0.717, 1.165) is 5.56 Å². The number of benzene rings is 2. The number of hydrogen-bond acceptors (Lipinski definition) is 2. The Morgan fingerprint density at radius 1 is 1.05 bits per heavy atom. The van der Waals surface area contributed by atoms with Crippen LogP contribution in [0, 0.1) is 0 Å². The number of ether oxygens (including phenoxy) is 2. The van der Waals surface area contributed by atoms with Crippen molar-refractivity contribution in [1.82, 2.24) is 0 Å². The van der Waals surface area contributed by atoms with E-state index < -0.39 is 0 Å². The maximum absolute atomic E-state index is 6.25. The third kappa shape index (κ3) is 3.98. The topological polar surface area (TPSA) is 18.5 Å². The van der Waals surface area contributed by atoms with Gasteiger partial charge in [0, 0.05) is 20.9 Å². The van der Waals surface area contributed by atoms with Crippen LogP contribution in [0.5, 0.6) is 11.5 Å². The average Bonchev–Trinajstić information content (AvgIpc) is 2.47. The molecule has 2 aromatic rings. The van der Waals surface area contributed by atoms with Gasteiger partial charge < -0.3 is 9.47 Å². The van der Waals surface area contributed by atoms with Gasteiger partial charge in [-0.25, -0.2) is 0 Å². The lowest BCUT2D eigenvalue weighted by molar-refractivity contribution is 0.284. The maximum Gasteiger partial charge on any atom is 0.180 e. The number of halogens is 4. The number of rotatable bonds is 5. The Kier molecular flexibility index (Phi) is 6.06. The highest BCUT2D eigenvalue weighted by atomic mass is 79.9. The monoisotopic (exact) mass is 408 g/mol. The molecule has 2 nitrogen and oxygen atoms in total. The first-order valence-corrected chi connectivity index (χ1v) is 8.30. The van der Waals surface area contributed by atoms with Gasteiger partial charge in [-0.1, -0.05) is 56.8 Å². The molecule has 0 unspecified atom stereocenters. The molecule has 0 radical (unpaired) electrons. The fourth-order valence-electron chi connectivity index (χ4n) is 1.81. The zero-order valence-electron chi connectivity index (χ0n) is 11.1. The van der Waals surface area contributed by atoms with Crippen molar-refractivity contribution in [3.05, 3.63) is 56.5 Å². The first-order chi connectivity index (χ1) is 10.1. The molecule has 6 heteroatoms. The predicted molar refractivity (Wildman–Crippen MR) is 91.4 cm³/mol. The second kappa shape index (κ2) is 7.59. The summed E-state index contributed by atoms with van der Waals surface area (Å²) >= 11 is 21.9. The van der Waals surface area contributed by atoms with E-state index >= 15 is 0 Å². The minimum Gasteiger partial charge on any atom is -0.493 e. The first kappa shape index (κ1) is 16.8. The van der Waals surface area contributed by atoms with Gasteiger partial charge >= 0.3 is 0 Å². The largest absolute Gasteiger partial charge is 0.493 e. The molecule has 0 heterocycles. The number of methoxy groups -OCH3 is 1. The van der Waals surface area contributed by atoms with Crippen molar-refractivity contribution in [2.45, 2.75) is 11.9 Å². The van der Waals surface area contributed by atoms with Crippen LogP contribution in [-0.4, -0.2) is 7.11 Å². The summed E-state index contributed by atoms with van der Waals surface area (Å²) in [5, 5.41) is 2.26. The summed E-state index contributed by atoms with van der Waals surface area (Å²) in [6.45, 7) is 0.211. The van der Waals surface area contributed by atoms with Crippen LogP contribution in [-0.2, 0) is 11.9 Å². The highest BCUT2D eigenvalue weighted by molar-refractivity contribution is 9.08. The van der Waals surface area contributed by atoms with Crippen LogP contribution in [0.15, 0.2) is 30.3 Å². The Bertz CT molecular complexity index is 627. The van der Waals surface area contributed by atoms with E-state index in [1.165, 1.54) is 0 Å². The van der Waals surface area contributed by atoms with Gasteiger partial charge in [-0.3, -0.25) is 0 Å². The standard InChI is InChI=1S/C15H12BrCl3O2/c1-20-14-6-9(7-16)5-13(19)15(14)21-8-10-11(17)3-2-4-12(10)18/h2-6H,7-8H2,1H3. The molecule has 0 aliphatic heterocycles. The molecule has 2 rings (SSSR count). The van der Waals surface area contributed by atoms with Gasteiger partial charge in [-0.15, -0.1) is 0 Å². The molecule has 0 amide bonds. The van der Waals surface area contributed by atoms with E-state index in [0.29, 0.717) is 37.5 Å². The molecule has 0 N–H and O–H groups in total. The van der Waals surface area contributed by atoms with Crippen LogP contribution in [0.1, 0.15) is 11.1 Å². The second-order valence-corrected chi connectivity index (χ2v) is 6.01. The van der Waals surface area contributed by atoms with Crippen LogP contribution in [0.4, 0.5) is 0 Å². The molecule has 0 atom stereocenters. The van der Waals surface area contributed by atoms with Gasteiger partial charge in [0.25, 0.3) is 0 Å². The summed E-state index contributed by atoms with van der Waals surface area (Å²) in [7, 11) is 1.57. The van der Waals surface area contributed by atoms with Crippen molar-refractivity contribution in [3.8, 4) is 11.5 Å². The van der Waals surface area contributed by atoms with E-state index in [-0.39, 0.29) is 6.61 Å². The van der Waals surface area contributed by atoms with E-state index in [9.17, 15) is 0 Å². The third-order valence-electron chi connectivity index (χ3n) is 2.87. The fourth-order valence-corrected chi connectivity index (χ4v) is 2.92. The Morgan fingerprint density at radius 3 is 2.29 bits per heavy atom.